The van der Waals surface area contributed by atoms with Crippen molar-refractivity contribution in [3.63, 3.8) is 0 Å². The second-order valence-electron chi connectivity index (χ2n) is 7.63. The molecule has 28 heavy (non-hydrogen) atoms. The van der Waals surface area contributed by atoms with E-state index in [0.29, 0.717) is 23.5 Å². The molecule has 5 nitrogen and oxygen atoms in total. The lowest BCUT2D eigenvalue weighted by atomic mass is 9.87. The number of aromatic nitrogens is 2. The number of nitrogens with zero attached hydrogens (tertiary/aromatic N) is 4. The summed E-state index contributed by atoms with van der Waals surface area (Å²) in [6.07, 6.45) is 4.96. The molecule has 2 bridgehead atoms. The maximum atomic E-state index is 9.84. The summed E-state index contributed by atoms with van der Waals surface area (Å²) in [4.78, 5) is 11.5. The first kappa shape index (κ1) is 16.9. The van der Waals surface area contributed by atoms with Gasteiger partial charge >= 0.3 is 0 Å². The molecule has 1 fully saturated rings. The van der Waals surface area contributed by atoms with E-state index in [4.69, 9.17) is 5.73 Å². The number of likely N-dealkylation sites (N-methyl/N-ethyl adjacent to an activating group) is 1. The molecule has 138 valence electrons. The number of nitrogens with two attached hydrogens (primary N) is 1. The van der Waals surface area contributed by atoms with Gasteiger partial charge in [-0.15, -0.1) is 0 Å². The van der Waals surface area contributed by atoms with Crippen LogP contribution in [0.3, 0.4) is 0 Å². The second kappa shape index (κ2) is 6.43. The molecule has 0 amide bonds. The molecule has 2 N–H and O–H groups in total. The zero-order valence-corrected chi connectivity index (χ0v) is 15.8. The topological polar surface area (TPSA) is 78.8 Å². The number of rotatable bonds is 2. The number of hydrogen-bond donors (Lipinski definition) is 1. The smallest absolute Gasteiger partial charge is 0.142 e. The van der Waals surface area contributed by atoms with E-state index >= 15 is 0 Å². The molecule has 2 aromatic heterocycles. The largest absolute Gasteiger partial charge is 0.383 e. The van der Waals surface area contributed by atoms with Gasteiger partial charge in [0, 0.05) is 47.1 Å². The molecule has 1 aromatic carbocycles. The van der Waals surface area contributed by atoms with E-state index in [9.17, 15) is 5.26 Å². The van der Waals surface area contributed by atoms with Crippen LogP contribution in [0, 0.1) is 11.3 Å². The van der Waals surface area contributed by atoms with Gasteiger partial charge in [-0.1, -0.05) is 30.3 Å². The fourth-order valence-corrected chi connectivity index (χ4v) is 4.77. The van der Waals surface area contributed by atoms with E-state index < -0.39 is 0 Å². The summed E-state index contributed by atoms with van der Waals surface area (Å²) < 4.78 is 0. The molecule has 2 aliphatic rings. The highest BCUT2D eigenvalue weighted by molar-refractivity contribution is 5.81. The molecule has 4 heterocycles. The molecular formula is C23H21N5. The van der Waals surface area contributed by atoms with Crippen molar-refractivity contribution < 1.29 is 0 Å². The molecule has 2 atom stereocenters. The van der Waals surface area contributed by atoms with Crippen LogP contribution in [-0.2, 0) is 6.42 Å². The Hall–Kier alpha value is -3.23. The minimum atomic E-state index is 0.305. The molecule has 2 aliphatic heterocycles. The highest BCUT2D eigenvalue weighted by Gasteiger charge is 2.40. The second-order valence-corrected chi connectivity index (χ2v) is 7.63. The third kappa shape index (κ3) is 2.49. The van der Waals surface area contributed by atoms with Gasteiger partial charge in [0.05, 0.1) is 5.69 Å². The zero-order valence-electron chi connectivity index (χ0n) is 15.8. The van der Waals surface area contributed by atoms with Crippen LogP contribution < -0.4 is 5.73 Å². The van der Waals surface area contributed by atoms with Gasteiger partial charge in [0.15, 0.2) is 0 Å². The van der Waals surface area contributed by atoms with Gasteiger partial charge in [-0.25, -0.2) is 4.98 Å². The lowest BCUT2D eigenvalue weighted by molar-refractivity contribution is 0.222. The van der Waals surface area contributed by atoms with Crippen LogP contribution in [0.5, 0.6) is 0 Å². The quantitative estimate of drug-likeness (QED) is 0.742. The Bertz CT molecular complexity index is 1080. The van der Waals surface area contributed by atoms with Gasteiger partial charge in [0.2, 0.25) is 0 Å². The van der Waals surface area contributed by atoms with Crippen molar-refractivity contribution in [1.29, 1.82) is 5.26 Å². The van der Waals surface area contributed by atoms with Crippen molar-refractivity contribution >= 4 is 5.82 Å². The van der Waals surface area contributed by atoms with Crippen LogP contribution in [0.15, 0.2) is 48.7 Å². The number of pyridine rings is 2. The molecular weight excluding hydrogens is 346 g/mol. The first-order valence-corrected chi connectivity index (χ1v) is 9.63. The van der Waals surface area contributed by atoms with Crippen LogP contribution in [0.2, 0.25) is 0 Å². The number of nitrogen functional groups attached to an aromatic ring is 1. The third-order valence-electron chi connectivity index (χ3n) is 6.19. The van der Waals surface area contributed by atoms with Crippen molar-refractivity contribution in [3.05, 3.63) is 65.5 Å². The number of hydrogen-bond acceptors (Lipinski definition) is 5. The average Bonchev–Trinajstić information content (AvgIpc) is 2.96. The molecule has 0 aliphatic carbocycles. The van der Waals surface area contributed by atoms with E-state index in [1.54, 1.807) is 6.20 Å². The monoisotopic (exact) mass is 367 g/mol. The van der Waals surface area contributed by atoms with Gasteiger partial charge < -0.3 is 5.73 Å². The third-order valence-corrected chi connectivity index (χ3v) is 6.19. The van der Waals surface area contributed by atoms with Crippen LogP contribution in [0.1, 0.15) is 35.7 Å². The van der Waals surface area contributed by atoms with E-state index in [1.165, 1.54) is 5.56 Å². The average molecular weight is 367 g/mol. The van der Waals surface area contributed by atoms with Gasteiger partial charge in [0.25, 0.3) is 0 Å². The minimum absolute atomic E-state index is 0.305. The van der Waals surface area contributed by atoms with Crippen LogP contribution in [0.25, 0.3) is 22.4 Å². The minimum Gasteiger partial charge on any atom is -0.383 e. The highest BCUT2D eigenvalue weighted by atomic mass is 15.2. The molecule has 3 aromatic rings. The Morgan fingerprint density at radius 3 is 2.61 bits per heavy atom. The van der Waals surface area contributed by atoms with E-state index in [0.717, 1.165) is 47.3 Å². The van der Waals surface area contributed by atoms with E-state index in [-0.39, 0.29) is 0 Å². The van der Waals surface area contributed by atoms with E-state index in [1.807, 2.05) is 18.2 Å². The summed E-state index contributed by atoms with van der Waals surface area (Å²) in [6, 6.07) is 17.3. The number of fused-ring (bicyclic) bond motifs is 4. The van der Waals surface area contributed by atoms with Crippen molar-refractivity contribution in [2.45, 2.75) is 31.3 Å². The van der Waals surface area contributed by atoms with E-state index in [2.05, 4.69) is 52.3 Å². The Morgan fingerprint density at radius 1 is 1.11 bits per heavy atom. The molecule has 0 saturated carbocycles. The van der Waals surface area contributed by atoms with Crippen LogP contribution >= 0.6 is 0 Å². The SMILES string of the molecule is CN1[C@H]2CC[C@@H]1c1c(nc(N)c(C#N)c1-c1ccc(-c3ccccn3)cc1)C2. The van der Waals surface area contributed by atoms with Crippen molar-refractivity contribution in [2.24, 2.45) is 0 Å². The lowest BCUT2D eigenvalue weighted by Gasteiger charge is -2.34. The summed E-state index contributed by atoms with van der Waals surface area (Å²) in [5, 5.41) is 9.84. The molecule has 5 heteroatoms. The Labute approximate surface area is 164 Å². The zero-order chi connectivity index (χ0) is 19.3. The molecule has 0 spiro atoms. The predicted molar refractivity (Wildman–Crippen MR) is 109 cm³/mol. The van der Waals surface area contributed by atoms with Crippen LogP contribution in [-0.4, -0.2) is 28.0 Å². The lowest BCUT2D eigenvalue weighted by Crippen LogP contribution is -2.35. The first-order chi connectivity index (χ1) is 13.7. The summed E-state index contributed by atoms with van der Waals surface area (Å²) in [5.74, 6) is 0.342. The standard InChI is InChI=1S/C23H21N5/c1-28-16-9-10-20(28)22-19(12-16)27-23(25)17(13-24)21(22)15-7-5-14(6-8-15)18-4-2-3-11-26-18/h2-8,11,16,20H,9-10,12H2,1H3,(H2,25,27)/t16-,20+/m0/s1. The summed E-state index contributed by atoms with van der Waals surface area (Å²) in [6.45, 7) is 0. The number of benzene rings is 1. The van der Waals surface area contributed by atoms with Gasteiger partial charge in [-0.2, -0.15) is 5.26 Å². The summed E-state index contributed by atoms with van der Waals surface area (Å²) in [7, 11) is 2.18. The predicted octanol–water partition coefficient (Wildman–Crippen LogP) is 3.96. The van der Waals surface area contributed by atoms with Crippen LogP contribution in [0.4, 0.5) is 5.82 Å². The Morgan fingerprint density at radius 2 is 1.89 bits per heavy atom. The Balaban J connectivity index is 1.68. The summed E-state index contributed by atoms with van der Waals surface area (Å²) in [5.41, 5.74) is 12.9. The highest BCUT2D eigenvalue weighted by Crippen LogP contribution is 2.47. The Kier molecular flexibility index (Phi) is 3.88. The maximum absolute atomic E-state index is 9.84. The fourth-order valence-electron chi connectivity index (χ4n) is 4.77. The molecule has 1 saturated heterocycles. The van der Waals surface area contributed by atoms with Crippen molar-refractivity contribution in [2.75, 3.05) is 12.8 Å². The van der Waals surface area contributed by atoms with Crippen molar-refractivity contribution in [1.82, 2.24) is 14.9 Å². The summed E-state index contributed by atoms with van der Waals surface area (Å²) >= 11 is 0. The fraction of sp³-hybridized carbons (Fsp3) is 0.261. The molecule has 5 rings (SSSR count). The van der Waals surface area contributed by atoms with Crippen molar-refractivity contribution in [3.8, 4) is 28.5 Å². The first-order valence-electron chi connectivity index (χ1n) is 9.63. The number of anilines is 1. The normalized spacial score (nSPS) is 20.6. The molecule has 0 unspecified atom stereocenters. The van der Waals surface area contributed by atoms with Gasteiger partial charge in [-0.05, 0) is 37.6 Å². The van der Waals surface area contributed by atoms with Gasteiger partial charge in [-0.3, -0.25) is 9.88 Å². The maximum Gasteiger partial charge on any atom is 0.142 e. The van der Waals surface area contributed by atoms with Gasteiger partial charge in [0.1, 0.15) is 17.5 Å². The molecule has 0 radical (unpaired) electrons. The number of nitriles is 1.